The normalized spacial score (nSPS) is 20.5. The van der Waals surface area contributed by atoms with E-state index >= 15 is 0 Å². The van der Waals surface area contributed by atoms with E-state index in [1.165, 1.54) is 6.07 Å². The summed E-state index contributed by atoms with van der Waals surface area (Å²) in [5.41, 5.74) is 5.39. The largest absolute Gasteiger partial charge is 0.378 e. The second-order valence-electron chi connectivity index (χ2n) is 7.07. The van der Waals surface area contributed by atoms with Gasteiger partial charge in [-0.15, -0.1) is 11.3 Å². The van der Waals surface area contributed by atoms with Gasteiger partial charge in [0.05, 0.1) is 34.5 Å². The van der Waals surface area contributed by atoms with Crippen LogP contribution in [0.25, 0.3) is 21.9 Å². The molecule has 4 heterocycles. The average Bonchev–Trinajstić information content (AvgIpc) is 3.29. The fraction of sp³-hybridized carbons (Fsp3) is 0.350. The first kappa shape index (κ1) is 16.8. The summed E-state index contributed by atoms with van der Waals surface area (Å²) in [5, 5.41) is 2.86. The molecule has 0 bridgehead atoms. The molecule has 3 aromatic heterocycles. The third kappa shape index (κ3) is 3.00. The zero-order chi connectivity index (χ0) is 18.4. The number of nitrogens with zero attached hydrogens (tertiary/aromatic N) is 4. The molecule has 4 aromatic rings. The number of pyridine rings is 1. The lowest BCUT2D eigenvalue weighted by molar-refractivity contribution is 0.00631. The molecule has 0 N–H and O–H groups in total. The maximum atomic E-state index is 14.0. The van der Waals surface area contributed by atoms with Crippen molar-refractivity contribution in [1.29, 1.82) is 0 Å². The predicted molar refractivity (Wildman–Crippen MR) is 104 cm³/mol. The zero-order valence-corrected chi connectivity index (χ0v) is 15.7. The van der Waals surface area contributed by atoms with Crippen molar-refractivity contribution in [1.82, 2.24) is 19.5 Å². The Kier molecular flexibility index (Phi) is 4.13. The highest BCUT2D eigenvalue weighted by molar-refractivity contribution is 7.07. The Labute approximate surface area is 159 Å². The Hall–Kier alpha value is -2.38. The minimum Gasteiger partial charge on any atom is -0.378 e. The van der Waals surface area contributed by atoms with Crippen LogP contribution in [-0.2, 0) is 11.2 Å². The van der Waals surface area contributed by atoms with Crippen molar-refractivity contribution in [3.8, 4) is 0 Å². The Morgan fingerprint density at radius 1 is 1.30 bits per heavy atom. The molecule has 1 aromatic carbocycles. The monoisotopic (exact) mass is 382 g/mol. The molecule has 1 unspecified atom stereocenters. The van der Waals surface area contributed by atoms with Crippen molar-refractivity contribution in [3.05, 3.63) is 52.6 Å². The number of hydrogen-bond acceptors (Lipinski definition) is 5. The molecule has 0 amide bonds. The van der Waals surface area contributed by atoms with Crippen molar-refractivity contribution in [2.24, 2.45) is 0 Å². The van der Waals surface area contributed by atoms with Gasteiger partial charge in [0.25, 0.3) is 0 Å². The highest BCUT2D eigenvalue weighted by atomic mass is 32.1. The number of imidazole rings is 1. The molecule has 27 heavy (non-hydrogen) atoms. The third-order valence-electron chi connectivity index (χ3n) is 5.20. The number of hydrogen-bond donors (Lipinski definition) is 0. The van der Waals surface area contributed by atoms with Crippen molar-refractivity contribution in [2.45, 2.75) is 38.3 Å². The molecule has 2 atom stereocenters. The second kappa shape index (κ2) is 6.65. The maximum Gasteiger partial charge on any atom is 0.124 e. The first-order chi connectivity index (χ1) is 13.2. The number of ether oxygens (including phenoxy) is 1. The fourth-order valence-electron chi connectivity index (χ4n) is 4.01. The van der Waals surface area contributed by atoms with Gasteiger partial charge in [0.15, 0.2) is 0 Å². The van der Waals surface area contributed by atoms with Crippen molar-refractivity contribution >= 4 is 33.3 Å². The van der Waals surface area contributed by atoms with Gasteiger partial charge in [0, 0.05) is 29.8 Å². The van der Waals surface area contributed by atoms with Crippen LogP contribution in [0.15, 0.2) is 35.3 Å². The van der Waals surface area contributed by atoms with Gasteiger partial charge < -0.3 is 9.30 Å². The van der Waals surface area contributed by atoms with Crippen LogP contribution in [0.4, 0.5) is 4.39 Å². The van der Waals surface area contributed by atoms with Crippen LogP contribution in [0.5, 0.6) is 0 Å². The fourth-order valence-corrected chi connectivity index (χ4v) is 4.57. The van der Waals surface area contributed by atoms with E-state index in [2.05, 4.69) is 21.5 Å². The van der Waals surface area contributed by atoms with E-state index in [4.69, 9.17) is 9.72 Å². The Bertz CT molecular complexity index is 1110. The van der Waals surface area contributed by atoms with E-state index < -0.39 is 0 Å². The Morgan fingerprint density at radius 3 is 3.04 bits per heavy atom. The number of benzene rings is 1. The van der Waals surface area contributed by atoms with Crippen LogP contribution in [-0.4, -0.2) is 32.2 Å². The van der Waals surface area contributed by atoms with Crippen molar-refractivity contribution in [3.63, 3.8) is 0 Å². The quantitative estimate of drug-likeness (QED) is 0.523. The molecule has 5 rings (SSSR count). The van der Waals surface area contributed by atoms with Crippen LogP contribution >= 0.6 is 11.3 Å². The molecule has 0 radical (unpaired) electrons. The average molecular weight is 382 g/mol. The lowest BCUT2D eigenvalue weighted by Gasteiger charge is -2.30. The molecule has 1 saturated heterocycles. The summed E-state index contributed by atoms with van der Waals surface area (Å²) in [4.78, 5) is 13.8. The summed E-state index contributed by atoms with van der Waals surface area (Å²) in [6.45, 7) is 2.82. The van der Waals surface area contributed by atoms with E-state index in [0.717, 1.165) is 52.9 Å². The minimum absolute atomic E-state index is 0.193. The van der Waals surface area contributed by atoms with E-state index in [0.29, 0.717) is 6.42 Å². The molecular formula is C20H19FN4OS. The molecule has 1 fully saturated rings. The second-order valence-corrected chi connectivity index (χ2v) is 7.79. The van der Waals surface area contributed by atoms with Gasteiger partial charge >= 0.3 is 0 Å². The molecule has 0 aliphatic carbocycles. The van der Waals surface area contributed by atoms with E-state index in [-0.39, 0.29) is 18.0 Å². The number of aromatic nitrogens is 4. The minimum atomic E-state index is -0.258. The summed E-state index contributed by atoms with van der Waals surface area (Å²) in [7, 11) is 0. The molecule has 5 nitrogen and oxygen atoms in total. The Balaban J connectivity index is 1.76. The van der Waals surface area contributed by atoms with Gasteiger partial charge in [-0.05, 0) is 38.0 Å². The van der Waals surface area contributed by atoms with Crippen LogP contribution in [0.2, 0.25) is 0 Å². The molecule has 7 heteroatoms. The molecular weight excluding hydrogens is 363 g/mol. The van der Waals surface area contributed by atoms with Crippen molar-refractivity contribution in [2.75, 3.05) is 6.61 Å². The maximum absolute atomic E-state index is 14.0. The summed E-state index contributed by atoms with van der Waals surface area (Å²) < 4.78 is 22.1. The highest BCUT2D eigenvalue weighted by Gasteiger charge is 2.26. The van der Waals surface area contributed by atoms with Crippen LogP contribution in [0.1, 0.15) is 37.3 Å². The van der Waals surface area contributed by atoms with Gasteiger partial charge in [-0.25, -0.2) is 14.4 Å². The molecule has 0 saturated carbocycles. The Morgan fingerprint density at radius 2 is 2.22 bits per heavy atom. The van der Waals surface area contributed by atoms with Gasteiger partial charge in [0.1, 0.15) is 17.2 Å². The zero-order valence-electron chi connectivity index (χ0n) is 14.9. The van der Waals surface area contributed by atoms with E-state index in [9.17, 15) is 4.39 Å². The van der Waals surface area contributed by atoms with E-state index in [1.807, 2.05) is 10.9 Å². The lowest BCUT2D eigenvalue weighted by Crippen LogP contribution is -2.26. The predicted octanol–water partition coefficient (Wildman–Crippen LogP) is 4.51. The van der Waals surface area contributed by atoms with Crippen molar-refractivity contribution < 1.29 is 9.13 Å². The standard InChI is InChI=1S/C20H19FN4OS/c1-12-6-15(4-5-26-12)25-19(8-14-10-27-11-23-14)24-18-9-22-17-3-2-13(21)7-16(17)20(18)25/h2-3,7,9-12,15H,4-6,8H2,1H3/t12-,15?/m1/s1. The first-order valence-electron chi connectivity index (χ1n) is 9.13. The smallest absolute Gasteiger partial charge is 0.124 e. The number of halogens is 1. The van der Waals surface area contributed by atoms with Crippen LogP contribution in [0.3, 0.4) is 0 Å². The van der Waals surface area contributed by atoms with Crippen LogP contribution in [0, 0.1) is 5.82 Å². The summed E-state index contributed by atoms with van der Waals surface area (Å²) >= 11 is 1.58. The van der Waals surface area contributed by atoms with Gasteiger partial charge in [-0.2, -0.15) is 0 Å². The third-order valence-corrected chi connectivity index (χ3v) is 5.83. The summed E-state index contributed by atoms with van der Waals surface area (Å²) in [6.07, 6.45) is 4.46. The summed E-state index contributed by atoms with van der Waals surface area (Å²) in [6, 6.07) is 5.02. The van der Waals surface area contributed by atoms with Gasteiger partial charge in [-0.3, -0.25) is 4.98 Å². The van der Waals surface area contributed by atoms with Crippen LogP contribution < -0.4 is 0 Å². The molecule has 138 valence electrons. The summed E-state index contributed by atoms with van der Waals surface area (Å²) in [5.74, 6) is 0.694. The molecule has 1 aliphatic heterocycles. The lowest BCUT2D eigenvalue weighted by atomic mass is 10.0. The molecule has 1 aliphatic rings. The van der Waals surface area contributed by atoms with E-state index in [1.54, 1.807) is 29.7 Å². The topological polar surface area (TPSA) is 52.8 Å². The number of thiazole rings is 1. The highest BCUT2D eigenvalue weighted by Crippen LogP contribution is 2.34. The van der Waals surface area contributed by atoms with Gasteiger partial charge in [-0.1, -0.05) is 0 Å². The molecule has 0 spiro atoms. The first-order valence-corrected chi connectivity index (χ1v) is 10.1. The SMILES string of the molecule is C[C@@H]1CC(n2c(Cc3cscn3)nc3cnc4ccc(F)cc4c32)CCO1. The van der Waals surface area contributed by atoms with Gasteiger partial charge in [0.2, 0.25) is 0 Å². The number of rotatable bonds is 3. The number of fused-ring (bicyclic) bond motifs is 3.